The quantitative estimate of drug-likeness (QED) is 0.417. The molecule has 2 heterocycles. The fourth-order valence-electron chi connectivity index (χ4n) is 3.21. The largest absolute Gasteiger partial charge is 0.380 e. The van der Waals surface area contributed by atoms with Gasteiger partial charge >= 0.3 is 0 Å². The van der Waals surface area contributed by atoms with E-state index in [1.54, 1.807) is 24.4 Å². The van der Waals surface area contributed by atoms with E-state index in [4.69, 9.17) is 5.41 Å². The molecule has 30 heavy (non-hydrogen) atoms. The third kappa shape index (κ3) is 5.20. The van der Waals surface area contributed by atoms with E-state index in [2.05, 4.69) is 27.8 Å². The number of hydrogen-bond acceptors (Lipinski definition) is 5. The zero-order valence-electron chi connectivity index (χ0n) is 17.1. The first-order valence-corrected chi connectivity index (χ1v) is 9.75. The molecule has 0 aliphatic rings. The van der Waals surface area contributed by atoms with Gasteiger partial charge in [-0.3, -0.25) is 19.6 Å². The topological polar surface area (TPSA) is 99.9 Å². The Morgan fingerprint density at radius 3 is 2.60 bits per heavy atom. The van der Waals surface area contributed by atoms with Crippen LogP contribution < -0.4 is 16.2 Å². The van der Waals surface area contributed by atoms with Gasteiger partial charge < -0.3 is 10.6 Å². The van der Waals surface area contributed by atoms with Crippen molar-refractivity contribution in [1.29, 1.82) is 5.41 Å². The van der Waals surface area contributed by atoms with E-state index in [1.807, 2.05) is 31.2 Å². The number of amidine groups is 1. The van der Waals surface area contributed by atoms with E-state index in [-0.39, 0.29) is 23.7 Å². The molecule has 1 aromatic carbocycles. The summed E-state index contributed by atoms with van der Waals surface area (Å²) in [6, 6.07) is 17.2. The molecule has 0 unspecified atom stereocenters. The number of hydrogen-bond donors (Lipinski definition) is 3. The van der Waals surface area contributed by atoms with Crippen LogP contribution in [-0.4, -0.2) is 27.8 Å². The smallest absolute Gasteiger partial charge is 0.279 e. The van der Waals surface area contributed by atoms with Crippen molar-refractivity contribution in [3.8, 4) is 5.82 Å². The number of anilines is 1. The van der Waals surface area contributed by atoms with Gasteiger partial charge in [0.15, 0.2) is 0 Å². The lowest BCUT2D eigenvalue weighted by Gasteiger charge is -2.15. The summed E-state index contributed by atoms with van der Waals surface area (Å²) in [5.74, 6) is 0.174. The third-order valence-electron chi connectivity index (χ3n) is 4.61. The fourth-order valence-corrected chi connectivity index (χ4v) is 3.21. The summed E-state index contributed by atoms with van der Waals surface area (Å²) in [7, 11) is 0. The Balaban J connectivity index is 1.86. The summed E-state index contributed by atoms with van der Waals surface area (Å²) in [5, 5.41) is 13.1. The van der Waals surface area contributed by atoms with Crippen LogP contribution in [0.5, 0.6) is 0 Å². The fraction of sp³-hybridized carbons (Fsp3) is 0.217. The number of rotatable bonds is 7. The summed E-state index contributed by atoms with van der Waals surface area (Å²) < 4.78 is 1.52. The lowest BCUT2D eigenvalue weighted by Crippen LogP contribution is -2.30. The molecule has 0 bridgehead atoms. The van der Waals surface area contributed by atoms with Gasteiger partial charge in [0.2, 0.25) is 5.91 Å². The Kier molecular flexibility index (Phi) is 6.75. The van der Waals surface area contributed by atoms with E-state index in [0.717, 1.165) is 12.1 Å². The Bertz CT molecular complexity index is 1110. The summed E-state index contributed by atoms with van der Waals surface area (Å²) >= 11 is 0. The first-order chi connectivity index (χ1) is 14.5. The maximum Gasteiger partial charge on any atom is 0.279 e. The zero-order chi connectivity index (χ0) is 21.5. The van der Waals surface area contributed by atoms with Crippen LogP contribution >= 0.6 is 0 Å². The molecule has 0 atom stereocenters. The highest BCUT2D eigenvalue weighted by atomic mass is 16.1. The maximum absolute atomic E-state index is 13.2. The molecule has 0 saturated carbocycles. The Morgan fingerprint density at radius 1 is 1.10 bits per heavy atom. The van der Waals surface area contributed by atoms with Gasteiger partial charge in [0.25, 0.3) is 5.56 Å². The molecule has 7 heteroatoms. The first kappa shape index (κ1) is 21.0. The molecular weight excluding hydrogens is 378 g/mol. The number of nitrogens with zero attached hydrogens (tertiary/aromatic N) is 2. The second-order valence-corrected chi connectivity index (χ2v) is 7.03. The average Bonchev–Trinajstić information content (AvgIpc) is 2.71. The zero-order valence-corrected chi connectivity index (χ0v) is 17.1. The molecule has 0 radical (unpaired) electrons. The Morgan fingerprint density at radius 2 is 1.87 bits per heavy atom. The van der Waals surface area contributed by atoms with Gasteiger partial charge in [-0.2, -0.15) is 0 Å². The van der Waals surface area contributed by atoms with Gasteiger partial charge in [-0.15, -0.1) is 0 Å². The Hall–Kier alpha value is -3.74. The van der Waals surface area contributed by atoms with Crippen LogP contribution in [0.1, 0.15) is 23.7 Å². The van der Waals surface area contributed by atoms with Crippen molar-refractivity contribution in [3.05, 3.63) is 88.0 Å². The summed E-state index contributed by atoms with van der Waals surface area (Å²) in [5.41, 5.74) is 2.79. The highest BCUT2D eigenvalue weighted by Crippen LogP contribution is 2.15. The SMILES string of the molecule is CC(=N)NC(=O)Cc1cccnc1-n1c(C)ccc(NCCc2ccccc2)c1=O. The van der Waals surface area contributed by atoms with Crippen molar-refractivity contribution >= 4 is 17.4 Å². The number of pyridine rings is 2. The van der Waals surface area contributed by atoms with E-state index in [1.165, 1.54) is 17.1 Å². The van der Waals surface area contributed by atoms with Gasteiger partial charge in [0, 0.05) is 24.0 Å². The third-order valence-corrected chi connectivity index (χ3v) is 4.61. The van der Waals surface area contributed by atoms with Gasteiger partial charge in [0.05, 0.1) is 12.3 Å². The minimum atomic E-state index is -0.320. The van der Waals surface area contributed by atoms with E-state index in [0.29, 0.717) is 23.6 Å². The predicted molar refractivity (Wildman–Crippen MR) is 118 cm³/mol. The van der Waals surface area contributed by atoms with E-state index >= 15 is 0 Å². The minimum absolute atomic E-state index is 0.0247. The summed E-state index contributed by atoms with van der Waals surface area (Å²) in [6.45, 7) is 3.95. The van der Waals surface area contributed by atoms with Crippen LogP contribution in [-0.2, 0) is 17.6 Å². The number of aryl methyl sites for hydroxylation is 1. The summed E-state index contributed by atoms with van der Waals surface area (Å²) in [4.78, 5) is 29.7. The monoisotopic (exact) mass is 403 g/mol. The minimum Gasteiger partial charge on any atom is -0.380 e. The normalized spacial score (nSPS) is 10.5. The number of benzene rings is 1. The number of aromatic nitrogens is 2. The molecule has 1 amide bonds. The van der Waals surface area contributed by atoms with Crippen LogP contribution in [0, 0.1) is 12.3 Å². The molecule has 3 rings (SSSR count). The second-order valence-electron chi connectivity index (χ2n) is 7.03. The highest BCUT2D eigenvalue weighted by molar-refractivity contribution is 5.96. The van der Waals surface area contributed by atoms with Crippen molar-refractivity contribution in [3.63, 3.8) is 0 Å². The molecule has 0 saturated heterocycles. The molecule has 0 spiro atoms. The second kappa shape index (κ2) is 9.65. The standard InChI is InChI=1S/C23H25N5O2/c1-16-10-11-20(25-14-12-18-7-4-3-5-8-18)23(30)28(16)22-19(9-6-13-26-22)15-21(29)27-17(2)24/h3-11,13,25H,12,14-15H2,1-2H3,(H2,24,27,29). The van der Waals surface area contributed by atoms with Crippen LogP contribution in [0.15, 0.2) is 65.6 Å². The van der Waals surface area contributed by atoms with Gasteiger partial charge in [-0.05, 0) is 44.0 Å². The molecule has 0 fully saturated rings. The molecule has 154 valence electrons. The van der Waals surface area contributed by atoms with Gasteiger partial charge in [0.1, 0.15) is 11.5 Å². The van der Waals surface area contributed by atoms with Crippen molar-refractivity contribution in [1.82, 2.24) is 14.9 Å². The van der Waals surface area contributed by atoms with Crippen LogP contribution in [0.4, 0.5) is 5.69 Å². The van der Waals surface area contributed by atoms with Crippen LogP contribution in [0.25, 0.3) is 5.82 Å². The van der Waals surface area contributed by atoms with Crippen LogP contribution in [0.2, 0.25) is 0 Å². The number of amides is 1. The highest BCUT2D eigenvalue weighted by Gasteiger charge is 2.15. The molecule has 3 N–H and O–H groups in total. The van der Waals surface area contributed by atoms with Crippen molar-refractivity contribution < 1.29 is 4.79 Å². The summed E-state index contributed by atoms with van der Waals surface area (Å²) in [6.07, 6.45) is 2.42. The van der Waals surface area contributed by atoms with Crippen LogP contribution in [0.3, 0.4) is 0 Å². The van der Waals surface area contributed by atoms with Crippen molar-refractivity contribution in [2.24, 2.45) is 0 Å². The maximum atomic E-state index is 13.2. The molecule has 7 nitrogen and oxygen atoms in total. The molecular formula is C23H25N5O2. The van der Waals surface area contributed by atoms with Gasteiger partial charge in [-0.1, -0.05) is 36.4 Å². The number of nitrogens with one attached hydrogen (secondary N) is 3. The molecule has 2 aromatic heterocycles. The van der Waals surface area contributed by atoms with Crippen molar-refractivity contribution in [2.45, 2.75) is 26.7 Å². The number of carbonyl (C=O) groups is 1. The Labute approximate surface area is 175 Å². The lowest BCUT2D eigenvalue weighted by molar-refractivity contribution is -0.119. The van der Waals surface area contributed by atoms with E-state index < -0.39 is 0 Å². The van der Waals surface area contributed by atoms with Gasteiger partial charge in [-0.25, -0.2) is 4.98 Å². The molecule has 0 aliphatic heterocycles. The molecule has 0 aliphatic carbocycles. The predicted octanol–water partition coefficient (Wildman–Crippen LogP) is 2.85. The average molecular weight is 403 g/mol. The van der Waals surface area contributed by atoms with E-state index in [9.17, 15) is 9.59 Å². The lowest BCUT2D eigenvalue weighted by atomic mass is 10.1. The number of carbonyl (C=O) groups excluding carboxylic acids is 1. The van der Waals surface area contributed by atoms with Crippen molar-refractivity contribution in [2.75, 3.05) is 11.9 Å². The first-order valence-electron chi connectivity index (χ1n) is 9.75. The molecule has 3 aromatic rings.